The van der Waals surface area contributed by atoms with E-state index in [0.717, 1.165) is 33.6 Å². The van der Waals surface area contributed by atoms with Gasteiger partial charge in [0, 0.05) is 17.1 Å². The Bertz CT molecular complexity index is 562. The van der Waals surface area contributed by atoms with Crippen molar-refractivity contribution in [2.45, 2.75) is 33.2 Å². The highest BCUT2D eigenvalue weighted by molar-refractivity contribution is 6.35. The molecule has 0 amide bonds. The lowest BCUT2D eigenvalue weighted by atomic mass is 10.0. The number of rotatable bonds is 2. The standard InChI is InChI=1S/C14H17ClN2/c1-8-4-11(5-9(2)16)7-12-13(15)6-10(3)17-14(8)12/h4,6-7,9H,5,16H2,1-3H3. The molecule has 2 rings (SSSR count). The quantitative estimate of drug-likeness (QED) is 0.885. The number of nitrogens with zero attached hydrogens (tertiary/aromatic N) is 1. The topological polar surface area (TPSA) is 38.9 Å². The second-order valence-corrected chi connectivity index (χ2v) is 5.14. The van der Waals surface area contributed by atoms with E-state index in [4.69, 9.17) is 17.3 Å². The molecular formula is C14H17ClN2. The molecule has 2 aromatic rings. The van der Waals surface area contributed by atoms with Crippen molar-refractivity contribution in [1.29, 1.82) is 0 Å². The molecule has 90 valence electrons. The molecule has 2 N–H and O–H groups in total. The third-order valence-electron chi connectivity index (χ3n) is 2.80. The highest BCUT2D eigenvalue weighted by Crippen LogP contribution is 2.27. The first-order valence-corrected chi connectivity index (χ1v) is 6.17. The van der Waals surface area contributed by atoms with Gasteiger partial charge in [-0.25, -0.2) is 0 Å². The second kappa shape index (κ2) is 4.63. The Morgan fingerprint density at radius 2 is 2.00 bits per heavy atom. The summed E-state index contributed by atoms with van der Waals surface area (Å²) in [7, 11) is 0. The average molecular weight is 249 g/mol. The van der Waals surface area contributed by atoms with Crippen LogP contribution in [0.25, 0.3) is 10.9 Å². The van der Waals surface area contributed by atoms with Crippen molar-refractivity contribution < 1.29 is 0 Å². The number of aromatic nitrogens is 1. The monoisotopic (exact) mass is 248 g/mol. The lowest BCUT2D eigenvalue weighted by Gasteiger charge is -2.10. The maximum absolute atomic E-state index is 6.27. The summed E-state index contributed by atoms with van der Waals surface area (Å²) in [5.41, 5.74) is 10.1. The van der Waals surface area contributed by atoms with Gasteiger partial charge in [0.2, 0.25) is 0 Å². The van der Waals surface area contributed by atoms with E-state index in [2.05, 4.69) is 24.0 Å². The first kappa shape index (κ1) is 12.3. The normalized spacial score (nSPS) is 13.0. The molecule has 2 nitrogen and oxygen atoms in total. The number of nitrogens with two attached hydrogens (primary N) is 1. The Morgan fingerprint density at radius 3 is 2.65 bits per heavy atom. The highest BCUT2D eigenvalue weighted by atomic mass is 35.5. The number of pyridine rings is 1. The minimum atomic E-state index is 0.157. The highest BCUT2D eigenvalue weighted by Gasteiger charge is 2.08. The molecule has 0 saturated carbocycles. The number of benzene rings is 1. The van der Waals surface area contributed by atoms with Crippen molar-refractivity contribution >= 4 is 22.5 Å². The molecule has 0 aliphatic heterocycles. The summed E-state index contributed by atoms with van der Waals surface area (Å²) in [6.45, 7) is 6.03. The number of fused-ring (bicyclic) bond motifs is 1. The maximum Gasteiger partial charge on any atom is 0.0749 e. The van der Waals surface area contributed by atoms with Crippen molar-refractivity contribution in [3.8, 4) is 0 Å². The van der Waals surface area contributed by atoms with Gasteiger partial charge in [0.15, 0.2) is 0 Å². The lowest BCUT2D eigenvalue weighted by molar-refractivity contribution is 0.738. The summed E-state index contributed by atoms with van der Waals surface area (Å²) < 4.78 is 0. The van der Waals surface area contributed by atoms with Gasteiger partial charge in [-0.1, -0.05) is 17.7 Å². The van der Waals surface area contributed by atoms with Gasteiger partial charge in [-0.3, -0.25) is 4.98 Å². The summed E-state index contributed by atoms with van der Waals surface area (Å²) in [6, 6.07) is 6.30. The predicted octanol–water partition coefficient (Wildman–Crippen LogP) is 3.39. The molecule has 3 heteroatoms. The molecule has 0 aliphatic rings. The Kier molecular flexibility index (Phi) is 3.36. The van der Waals surface area contributed by atoms with E-state index < -0.39 is 0 Å². The maximum atomic E-state index is 6.27. The van der Waals surface area contributed by atoms with Crippen LogP contribution in [-0.2, 0) is 6.42 Å². The summed E-state index contributed by atoms with van der Waals surface area (Å²) >= 11 is 6.27. The van der Waals surface area contributed by atoms with Crippen LogP contribution in [0.15, 0.2) is 18.2 Å². The van der Waals surface area contributed by atoms with Crippen molar-refractivity contribution in [3.05, 3.63) is 40.0 Å². The number of halogens is 1. The van der Waals surface area contributed by atoms with E-state index >= 15 is 0 Å². The van der Waals surface area contributed by atoms with E-state index in [1.54, 1.807) is 0 Å². The Balaban J connectivity index is 2.64. The van der Waals surface area contributed by atoms with Gasteiger partial charge in [0.1, 0.15) is 0 Å². The van der Waals surface area contributed by atoms with E-state index in [-0.39, 0.29) is 6.04 Å². The fourth-order valence-corrected chi connectivity index (χ4v) is 2.45. The van der Waals surface area contributed by atoms with Gasteiger partial charge in [-0.15, -0.1) is 0 Å². The minimum Gasteiger partial charge on any atom is -0.328 e. The smallest absolute Gasteiger partial charge is 0.0749 e. The molecule has 0 saturated heterocycles. The zero-order valence-electron chi connectivity index (χ0n) is 10.4. The van der Waals surface area contributed by atoms with E-state index in [1.807, 2.05) is 19.9 Å². The van der Waals surface area contributed by atoms with Crippen LogP contribution in [0.4, 0.5) is 0 Å². The van der Waals surface area contributed by atoms with Crippen LogP contribution in [0.2, 0.25) is 5.02 Å². The number of aryl methyl sites for hydroxylation is 2. The van der Waals surface area contributed by atoms with Crippen molar-refractivity contribution in [2.75, 3.05) is 0 Å². The number of hydrogen-bond donors (Lipinski definition) is 1. The van der Waals surface area contributed by atoms with Crippen molar-refractivity contribution in [2.24, 2.45) is 5.73 Å². The van der Waals surface area contributed by atoms with Crippen LogP contribution >= 0.6 is 11.6 Å². The van der Waals surface area contributed by atoms with E-state index in [1.165, 1.54) is 5.56 Å². The third kappa shape index (κ3) is 2.59. The molecular weight excluding hydrogens is 232 g/mol. The Morgan fingerprint density at radius 1 is 1.29 bits per heavy atom. The minimum absolute atomic E-state index is 0.157. The SMILES string of the molecule is Cc1cc(Cl)c2cc(CC(C)N)cc(C)c2n1. The first-order chi connectivity index (χ1) is 7.97. The summed E-state index contributed by atoms with van der Waals surface area (Å²) in [6.07, 6.45) is 0.862. The van der Waals surface area contributed by atoms with Crippen LogP contribution < -0.4 is 5.73 Å². The summed E-state index contributed by atoms with van der Waals surface area (Å²) in [5.74, 6) is 0. The summed E-state index contributed by atoms with van der Waals surface area (Å²) in [4.78, 5) is 4.54. The third-order valence-corrected chi connectivity index (χ3v) is 3.11. The molecule has 1 unspecified atom stereocenters. The average Bonchev–Trinajstić information content (AvgIpc) is 2.19. The van der Waals surface area contributed by atoms with Crippen molar-refractivity contribution in [3.63, 3.8) is 0 Å². The zero-order valence-corrected chi connectivity index (χ0v) is 11.2. The molecule has 17 heavy (non-hydrogen) atoms. The molecule has 0 bridgehead atoms. The molecule has 1 heterocycles. The van der Waals surface area contributed by atoms with Crippen LogP contribution in [0.3, 0.4) is 0 Å². The van der Waals surface area contributed by atoms with Crippen LogP contribution in [0.1, 0.15) is 23.7 Å². The lowest BCUT2D eigenvalue weighted by Crippen LogP contribution is -2.17. The molecule has 0 spiro atoms. The zero-order chi connectivity index (χ0) is 12.6. The Labute approximate surface area is 107 Å². The van der Waals surface area contributed by atoms with E-state index in [0.29, 0.717) is 0 Å². The van der Waals surface area contributed by atoms with Crippen LogP contribution in [0.5, 0.6) is 0 Å². The van der Waals surface area contributed by atoms with Gasteiger partial charge >= 0.3 is 0 Å². The predicted molar refractivity (Wildman–Crippen MR) is 73.6 cm³/mol. The first-order valence-electron chi connectivity index (χ1n) is 5.79. The van der Waals surface area contributed by atoms with Crippen molar-refractivity contribution in [1.82, 2.24) is 4.98 Å². The molecule has 0 fully saturated rings. The molecule has 1 aromatic heterocycles. The van der Waals surface area contributed by atoms with Crippen LogP contribution in [0, 0.1) is 13.8 Å². The number of hydrogen-bond acceptors (Lipinski definition) is 2. The molecule has 1 atom stereocenters. The van der Waals surface area contributed by atoms with Gasteiger partial charge in [0.25, 0.3) is 0 Å². The Hall–Kier alpha value is -1.12. The second-order valence-electron chi connectivity index (χ2n) is 4.74. The molecule has 0 radical (unpaired) electrons. The fourth-order valence-electron chi connectivity index (χ4n) is 2.14. The largest absolute Gasteiger partial charge is 0.328 e. The van der Waals surface area contributed by atoms with Gasteiger partial charge in [0.05, 0.1) is 10.5 Å². The fraction of sp³-hybridized carbons (Fsp3) is 0.357. The van der Waals surface area contributed by atoms with E-state index in [9.17, 15) is 0 Å². The van der Waals surface area contributed by atoms with Gasteiger partial charge in [-0.2, -0.15) is 0 Å². The summed E-state index contributed by atoms with van der Waals surface area (Å²) in [5, 5.41) is 1.79. The molecule has 1 aromatic carbocycles. The molecule has 0 aliphatic carbocycles. The van der Waals surface area contributed by atoms with Gasteiger partial charge < -0.3 is 5.73 Å². The van der Waals surface area contributed by atoms with Gasteiger partial charge in [-0.05, 0) is 50.5 Å². The van der Waals surface area contributed by atoms with Crippen LogP contribution in [-0.4, -0.2) is 11.0 Å².